The molecule has 0 atom stereocenters. The van der Waals surface area contributed by atoms with Gasteiger partial charge in [0.1, 0.15) is 11.5 Å². The molecule has 0 bridgehead atoms. The van der Waals surface area contributed by atoms with Crippen LogP contribution in [-0.2, 0) is 14.8 Å². The number of rotatable bonds is 7. The lowest BCUT2D eigenvalue weighted by molar-refractivity contribution is -0.117. The van der Waals surface area contributed by atoms with Crippen molar-refractivity contribution in [3.8, 4) is 6.07 Å². The van der Waals surface area contributed by atoms with E-state index >= 15 is 0 Å². The lowest BCUT2D eigenvalue weighted by Crippen LogP contribution is -2.38. The Hall–Kier alpha value is -2.70. The van der Waals surface area contributed by atoms with E-state index in [1.807, 2.05) is 24.4 Å². The SMILES string of the molecule is N#CCC1(CS(=O)(=O)N2CC=C(c3cc(NC(=O)C4CC4)nc4[nH]ccc34)CC2)CC1. The summed E-state index contributed by atoms with van der Waals surface area (Å²) in [4.78, 5) is 19.8. The summed E-state index contributed by atoms with van der Waals surface area (Å²) in [5.74, 6) is 0.675. The molecule has 9 heteroatoms. The van der Waals surface area contributed by atoms with Crippen LogP contribution in [0.4, 0.5) is 5.82 Å². The molecule has 162 valence electrons. The smallest absolute Gasteiger partial charge is 0.228 e. The number of hydrogen-bond acceptors (Lipinski definition) is 5. The minimum atomic E-state index is -3.40. The molecule has 2 fully saturated rings. The van der Waals surface area contributed by atoms with Crippen molar-refractivity contribution in [1.82, 2.24) is 14.3 Å². The highest BCUT2D eigenvalue weighted by Crippen LogP contribution is 2.50. The maximum Gasteiger partial charge on any atom is 0.228 e. The molecule has 1 amide bonds. The molecule has 0 aromatic carbocycles. The summed E-state index contributed by atoms with van der Waals surface area (Å²) in [7, 11) is -3.40. The van der Waals surface area contributed by atoms with Gasteiger partial charge in [0.05, 0.1) is 11.8 Å². The average Bonchev–Trinajstić information content (AvgIpc) is 3.67. The molecule has 2 saturated carbocycles. The molecular weight excluding hydrogens is 414 g/mol. The Balaban J connectivity index is 1.36. The van der Waals surface area contributed by atoms with Crippen LogP contribution in [0.3, 0.4) is 0 Å². The number of nitrogens with zero attached hydrogens (tertiary/aromatic N) is 3. The summed E-state index contributed by atoms with van der Waals surface area (Å²) in [5.41, 5.74) is 2.39. The Morgan fingerprint density at radius 3 is 2.84 bits per heavy atom. The fraction of sp³-hybridized carbons (Fsp3) is 0.500. The molecule has 5 rings (SSSR count). The van der Waals surface area contributed by atoms with Crippen LogP contribution in [0.15, 0.2) is 24.4 Å². The van der Waals surface area contributed by atoms with Crippen LogP contribution >= 0.6 is 0 Å². The molecule has 2 aromatic heterocycles. The van der Waals surface area contributed by atoms with Crippen LogP contribution in [0.25, 0.3) is 16.6 Å². The highest BCUT2D eigenvalue weighted by Gasteiger charge is 2.47. The van der Waals surface area contributed by atoms with E-state index in [0.717, 1.165) is 42.2 Å². The van der Waals surface area contributed by atoms with E-state index in [1.165, 1.54) is 4.31 Å². The zero-order chi connectivity index (χ0) is 21.6. The number of aromatic amines is 1. The second kappa shape index (κ2) is 7.46. The van der Waals surface area contributed by atoms with Gasteiger partial charge >= 0.3 is 0 Å². The summed E-state index contributed by atoms with van der Waals surface area (Å²) < 4.78 is 27.3. The number of H-pyrrole nitrogens is 1. The normalized spacial score (nSPS) is 20.8. The zero-order valence-electron chi connectivity index (χ0n) is 17.2. The summed E-state index contributed by atoms with van der Waals surface area (Å²) in [6, 6.07) is 5.97. The molecule has 8 nitrogen and oxygen atoms in total. The molecule has 3 heterocycles. The predicted octanol–water partition coefficient (Wildman–Crippen LogP) is 3.02. The zero-order valence-corrected chi connectivity index (χ0v) is 18.0. The number of fused-ring (bicyclic) bond motifs is 1. The highest BCUT2D eigenvalue weighted by molar-refractivity contribution is 7.89. The first-order valence-electron chi connectivity index (χ1n) is 10.7. The number of nitrogens with one attached hydrogen (secondary N) is 2. The van der Waals surface area contributed by atoms with Crippen LogP contribution in [-0.4, -0.2) is 47.4 Å². The van der Waals surface area contributed by atoms with Crippen LogP contribution in [0.5, 0.6) is 0 Å². The van der Waals surface area contributed by atoms with Crippen molar-refractivity contribution in [2.75, 3.05) is 24.2 Å². The number of aromatic nitrogens is 2. The quantitative estimate of drug-likeness (QED) is 0.687. The van der Waals surface area contributed by atoms with Gasteiger partial charge in [0.25, 0.3) is 0 Å². The molecule has 31 heavy (non-hydrogen) atoms. The van der Waals surface area contributed by atoms with Crippen molar-refractivity contribution in [3.05, 3.63) is 30.0 Å². The maximum atomic E-state index is 12.9. The molecule has 0 spiro atoms. The van der Waals surface area contributed by atoms with Crippen molar-refractivity contribution in [2.45, 2.75) is 38.5 Å². The first-order valence-corrected chi connectivity index (χ1v) is 12.3. The van der Waals surface area contributed by atoms with Crippen LogP contribution < -0.4 is 5.32 Å². The number of amides is 1. The number of pyridine rings is 1. The third kappa shape index (κ3) is 4.10. The van der Waals surface area contributed by atoms with Gasteiger partial charge in [-0.25, -0.2) is 13.4 Å². The van der Waals surface area contributed by atoms with Gasteiger partial charge in [0.15, 0.2) is 0 Å². The van der Waals surface area contributed by atoms with Gasteiger partial charge in [0, 0.05) is 37.0 Å². The average molecular weight is 440 g/mol. The largest absolute Gasteiger partial charge is 0.346 e. The highest BCUT2D eigenvalue weighted by atomic mass is 32.2. The molecule has 2 aromatic rings. The first-order chi connectivity index (χ1) is 14.9. The number of carbonyl (C=O) groups is 1. The number of hydrogen-bond donors (Lipinski definition) is 2. The van der Waals surface area contributed by atoms with Crippen molar-refractivity contribution < 1.29 is 13.2 Å². The maximum absolute atomic E-state index is 12.9. The molecular formula is C22H25N5O3S. The van der Waals surface area contributed by atoms with Crippen molar-refractivity contribution in [1.29, 1.82) is 5.26 Å². The van der Waals surface area contributed by atoms with Crippen LogP contribution in [0.1, 0.15) is 44.1 Å². The number of carbonyl (C=O) groups excluding carboxylic acids is 1. The van der Waals surface area contributed by atoms with E-state index in [-0.39, 0.29) is 23.0 Å². The minimum absolute atomic E-state index is 0.00521. The van der Waals surface area contributed by atoms with Crippen LogP contribution in [0, 0.1) is 22.7 Å². The number of anilines is 1. The lowest BCUT2D eigenvalue weighted by Gasteiger charge is -2.27. The second-order valence-corrected chi connectivity index (χ2v) is 11.0. The Labute approximate surface area is 181 Å². The molecule has 3 aliphatic rings. The summed E-state index contributed by atoms with van der Waals surface area (Å²) in [5, 5.41) is 12.9. The summed E-state index contributed by atoms with van der Waals surface area (Å²) in [6.45, 7) is 0.729. The molecule has 2 N–H and O–H groups in total. The fourth-order valence-corrected chi connectivity index (χ4v) is 6.30. The summed E-state index contributed by atoms with van der Waals surface area (Å²) in [6.07, 6.45) is 8.14. The standard InChI is InChI=1S/C22H25N5O3S/c23-9-8-22(6-7-22)14-31(29,30)27-11-4-15(5-12-27)18-13-19(26-21(28)16-1-2-16)25-20-17(18)3-10-24-20/h3-4,10,13,16H,1-2,5-8,11-12,14H2,(H2,24,25,26,28). The summed E-state index contributed by atoms with van der Waals surface area (Å²) >= 11 is 0. The Bertz CT molecular complexity index is 1220. The van der Waals surface area contributed by atoms with E-state index in [1.54, 1.807) is 0 Å². The lowest BCUT2D eigenvalue weighted by atomic mass is 9.98. The van der Waals surface area contributed by atoms with Gasteiger partial charge < -0.3 is 10.3 Å². The molecule has 1 aliphatic heterocycles. The van der Waals surface area contributed by atoms with E-state index in [0.29, 0.717) is 37.4 Å². The van der Waals surface area contributed by atoms with Crippen molar-refractivity contribution in [3.63, 3.8) is 0 Å². The Kier molecular flexibility index (Phi) is 4.87. The van der Waals surface area contributed by atoms with Gasteiger partial charge in [0.2, 0.25) is 15.9 Å². The first kappa shape index (κ1) is 20.2. The Morgan fingerprint density at radius 2 is 2.19 bits per heavy atom. The number of nitriles is 1. The molecule has 2 aliphatic carbocycles. The van der Waals surface area contributed by atoms with Gasteiger partial charge in [-0.1, -0.05) is 6.08 Å². The van der Waals surface area contributed by atoms with Crippen LogP contribution in [0.2, 0.25) is 0 Å². The minimum Gasteiger partial charge on any atom is -0.346 e. The molecule has 0 unspecified atom stereocenters. The van der Waals surface area contributed by atoms with E-state index in [9.17, 15) is 13.2 Å². The van der Waals surface area contributed by atoms with Gasteiger partial charge in [-0.3, -0.25) is 4.79 Å². The van der Waals surface area contributed by atoms with Crippen molar-refractivity contribution in [2.24, 2.45) is 11.3 Å². The van der Waals surface area contributed by atoms with Gasteiger partial charge in [-0.2, -0.15) is 9.57 Å². The third-order valence-corrected chi connectivity index (χ3v) is 8.63. The topological polar surface area (TPSA) is 119 Å². The Morgan fingerprint density at radius 1 is 1.39 bits per heavy atom. The van der Waals surface area contributed by atoms with E-state index in [2.05, 4.69) is 21.4 Å². The second-order valence-electron chi connectivity index (χ2n) is 8.99. The number of sulfonamides is 1. The molecule has 0 saturated heterocycles. The van der Waals surface area contributed by atoms with Gasteiger partial charge in [-0.05, 0) is 60.8 Å². The molecule has 0 radical (unpaired) electrons. The van der Waals surface area contributed by atoms with Crippen molar-refractivity contribution >= 4 is 38.4 Å². The van der Waals surface area contributed by atoms with Gasteiger partial charge in [-0.15, -0.1) is 0 Å². The van der Waals surface area contributed by atoms with E-state index in [4.69, 9.17) is 5.26 Å². The third-order valence-electron chi connectivity index (χ3n) is 6.54. The predicted molar refractivity (Wildman–Crippen MR) is 117 cm³/mol. The fourth-order valence-electron chi connectivity index (χ4n) is 4.28. The van der Waals surface area contributed by atoms with E-state index < -0.39 is 10.0 Å². The monoisotopic (exact) mass is 439 g/mol.